The van der Waals surface area contributed by atoms with Crippen LogP contribution in [0, 0.1) is 22.7 Å². The van der Waals surface area contributed by atoms with Gasteiger partial charge in [-0.05, 0) is 68.6 Å². The average molecular weight is 306 g/mol. The second-order valence-corrected chi connectivity index (χ2v) is 8.77. The van der Waals surface area contributed by atoms with Crippen molar-refractivity contribution in [2.45, 2.75) is 78.4 Å². The van der Waals surface area contributed by atoms with Crippen molar-refractivity contribution >= 4 is 0 Å². The van der Waals surface area contributed by atoms with Gasteiger partial charge in [-0.3, -0.25) is 0 Å². The highest BCUT2D eigenvalue weighted by atomic mass is 16.3. The molecule has 22 heavy (non-hydrogen) atoms. The lowest BCUT2D eigenvalue weighted by Crippen LogP contribution is -2.60. The van der Waals surface area contributed by atoms with Crippen LogP contribution in [0.15, 0.2) is 24.3 Å². The number of aliphatic hydroxyl groups excluding tert-OH is 1. The van der Waals surface area contributed by atoms with Gasteiger partial charge in [0.25, 0.3) is 0 Å². The molecule has 2 heteroatoms. The van der Waals surface area contributed by atoms with Gasteiger partial charge in [0.2, 0.25) is 0 Å². The quantitative estimate of drug-likeness (QED) is 0.755. The molecule has 0 heterocycles. The first-order valence-electron chi connectivity index (χ1n) is 8.75. The van der Waals surface area contributed by atoms with Crippen LogP contribution in [0.1, 0.15) is 66.7 Å². The van der Waals surface area contributed by atoms with E-state index >= 15 is 0 Å². The number of aliphatic hydroxyl groups is 2. The lowest BCUT2D eigenvalue weighted by molar-refractivity contribution is -0.193. The molecule has 2 rings (SSSR count). The Bertz CT molecular complexity index is 460. The van der Waals surface area contributed by atoms with Crippen LogP contribution in [0.2, 0.25) is 0 Å². The maximum atomic E-state index is 11.0. The van der Waals surface area contributed by atoms with Gasteiger partial charge in [-0.25, -0.2) is 0 Å². The third-order valence-corrected chi connectivity index (χ3v) is 6.99. The molecule has 0 spiro atoms. The third kappa shape index (κ3) is 2.80. The highest BCUT2D eigenvalue weighted by molar-refractivity contribution is 5.16. The molecule has 2 unspecified atom stereocenters. The van der Waals surface area contributed by atoms with E-state index in [1.807, 2.05) is 13.0 Å². The average Bonchev–Trinajstić information content (AvgIpc) is 2.41. The summed E-state index contributed by atoms with van der Waals surface area (Å²) in [6, 6.07) is 0. The monoisotopic (exact) mass is 306 g/mol. The first-order chi connectivity index (χ1) is 10.1. The summed E-state index contributed by atoms with van der Waals surface area (Å²) in [5.74, 6) is 0.701. The molecule has 0 bridgehead atoms. The Balaban J connectivity index is 2.37. The van der Waals surface area contributed by atoms with E-state index in [0.29, 0.717) is 5.92 Å². The van der Waals surface area contributed by atoms with Crippen molar-refractivity contribution in [3.05, 3.63) is 24.3 Å². The Morgan fingerprint density at radius 1 is 1.18 bits per heavy atom. The van der Waals surface area contributed by atoms with Gasteiger partial charge in [-0.1, -0.05) is 45.1 Å². The van der Waals surface area contributed by atoms with Gasteiger partial charge in [0, 0.05) is 0 Å². The molecular formula is C20H34O2. The van der Waals surface area contributed by atoms with Crippen LogP contribution in [-0.2, 0) is 0 Å². The van der Waals surface area contributed by atoms with E-state index in [1.165, 1.54) is 5.57 Å². The SMILES string of the molecule is C=CC(C)=CCC1[C@](C)(O)CC[C@H]2C(C)(C)C(O)CC[C@]12C. The lowest BCUT2D eigenvalue weighted by Gasteiger charge is -2.62. The smallest absolute Gasteiger partial charge is 0.0656 e. The number of fused-ring (bicyclic) bond motifs is 1. The van der Waals surface area contributed by atoms with Gasteiger partial charge in [0.05, 0.1) is 11.7 Å². The summed E-state index contributed by atoms with van der Waals surface area (Å²) in [6.45, 7) is 14.7. The number of rotatable bonds is 3. The standard InChI is InChI=1S/C20H34O2/c1-7-14(2)8-9-16-19(5)12-11-17(21)18(3,4)15(19)10-13-20(16,6)22/h7-8,15-17,21-22H,1,9-13H2,2-6H3/t15-,16?,17?,19-,20+/m0/s1. The number of hydrogen-bond donors (Lipinski definition) is 2. The van der Waals surface area contributed by atoms with E-state index < -0.39 is 5.60 Å². The van der Waals surface area contributed by atoms with Crippen LogP contribution in [-0.4, -0.2) is 21.9 Å². The number of allylic oxidation sites excluding steroid dienone is 3. The fraction of sp³-hybridized carbons (Fsp3) is 0.800. The van der Waals surface area contributed by atoms with Crippen LogP contribution < -0.4 is 0 Å². The summed E-state index contributed by atoms with van der Waals surface area (Å²) in [5.41, 5.74) is 0.569. The Morgan fingerprint density at radius 2 is 1.82 bits per heavy atom. The fourth-order valence-corrected chi connectivity index (χ4v) is 5.43. The highest BCUT2D eigenvalue weighted by Crippen LogP contribution is 2.62. The summed E-state index contributed by atoms with van der Waals surface area (Å²) in [7, 11) is 0. The van der Waals surface area contributed by atoms with Crippen molar-refractivity contribution < 1.29 is 10.2 Å². The summed E-state index contributed by atoms with van der Waals surface area (Å²) in [4.78, 5) is 0. The Kier molecular flexibility index (Phi) is 4.68. The summed E-state index contributed by atoms with van der Waals surface area (Å²) in [5, 5.41) is 21.5. The molecular weight excluding hydrogens is 272 g/mol. The van der Waals surface area contributed by atoms with E-state index in [9.17, 15) is 10.2 Å². The minimum Gasteiger partial charge on any atom is -0.393 e. The minimum absolute atomic E-state index is 0.0705. The van der Waals surface area contributed by atoms with Gasteiger partial charge in [-0.2, -0.15) is 0 Å². The molecule has 0 aliphatic heterocycles. The molecule has 0 aromatic heterocycles. The molecule has 2 aliphatic rings. The molecule has 2 saturated carbocycles. The van der Waals surface area contributed by atoms with E-state index in [-0.39, 0.29) is 22.9 Å². The lowest BCUT2D eigenvalue weighted by atomic mass is 9.44. The van der Waals surface area contributed by atoms with E-state index in [1.54, 1.807) is 0 Å². The first kappa shape index (κ1) is 17.7. The molecule has 2 N–H and O–H groups in total. The van der Waals surface area contributed by atoms with Gasteiger partial charge in [0.1, 0.15) is 0 Å². The van der Waals surface area contributed by atoms with Crippen LogP contribution in [0.4, 0.5) is 0 Å². The van der Waals surface area contributed by atoms with E-state index in [4.69, 9.17) is 0 Å². The topological polar surface area (TPSA) is 40.5 Å². The molecule has 2 fully saturated rings. The predicted octanol–water partition coefficient (Wildman–Crippen LogP) is 4.47. The van der Waals surface area contributed by atoms with Gasteiger partial charge < -0.3 is 10.2 Å². The molecule has 5 atom stereocenters. The predicted molar refractivity (Wildman–Crippen MR) is 92.5 cm³/mol. The van der Waals surface area contributed by atoms with Gasteiger partial charge >= 0.3 is 0 Å². The summed E-state index contributed by atoms with van der Waals surface area (Å²) >= 11 is 0. The summed E-state index contributed by atoms with van der Waals surface area (Å²) < 4.78 is 0. The van der Waals surface area contributed by atoms with Gasteiger partial charge in [0.15, 0.2) is 0 Å². The van der Waals surface area contributed by atoms with Crippen molar-refractivity contribution in [1.82, 2.24) is 0 Å². The largest absolute Gasteiger partial charge is 0.393 e. The molecule has 0 saturated heterocycles. The zero-order valence-corrected chi connectivity index (χ0v) is 15.0. The first-order valence-corrected chi connectivity index (χ1v) is 8.75. The van der Waals surface area contributed by atoms with E-state index in [0.717, 1.165) is 32.1 Å². The maximum absolute atomic E-state index is 11.0. The molecule has 0 aromatic rings. The van der Waals surface area contributed by atoms with Crippen molar-refractivity contribution in [3.63, 3.8) is 0 Å². The highest BCUT2D eigenvalue weighted by Gasteiger charge is 2.59. The van der Waals surface area contributed by atoms with Crippen molar-refractivity contribution in [2.75, 3.05) is 0 Å². The van der Waals surface area contributed by atoms with E-state index in [2.05, 4.69) is 40.3 Å². The summed E-state index contributed by atoms with van der Waals surface area (Å²) in [6.07, 6.45) is 8.46. The molecule has 0 radical (unpaired) electrons. The Labute approximate surface area is 136 Å². The maximum Gasteiger partial charge on any atom is 0.0656 e. The van der Waals surface area contributed by atoms with Crippen LogP contribution in [0.5, 0.6) is 0 Å². The molecule has 0 aromatic carbocycles. The second kappa shape index (κ2) is 5.79. The van der Waals surface area contributed by atoms with Crippen LogP contribution in [0.25, 0.3) is 0 Å². The van der Waals surface area contributed by atoms with Crippen molar-refractivity contribution in [2.24, 2.45) is 22.7 Å². The fourth-order valence-electron chi connectivity index (χ4n) is 5.43. The van der Waals surface area contributed by atoms with Crippen LogP contribution in [0.3, 0.4) is 0 Å². The van der Waals surface area contributed by atoms with Crippen molar-refractivity contribution in [1.29, 1.82) is 0 Å². The third-order valence-electron chi connectivity index (χ3n) is 6.99. The molecule has 126 valence electrons. The normalized spacial score (nSPS) is 45.2. The zero-order valence-electron chi connectivity index (χ0n) is 15.0. The molecule has 0 amide bonds. The second-order valence-electron chi connectivity index (χ2n) is 8.77. The molecule has 2 nitrogen and oxygen atoms in total. The van der Waals surface area contributed by atoms with Gasteiger partial charge in [-0.15, -0.1) is 0 Å². The zero-order chi connectivity index (χ0) is 16.8. The number of hydrogen-bond acceptors (Lipinski definition) is 2. The minimum atomic E-state index is -0.623. The van der Waals surface area contributed by atoms with Crippen molar-refractivity contribution in [3.8, 4) is 0 Å². The Morgan fingerprint density at radius 3 is 2.41 bits per heavy atom. The molecule has 2 aliphatic carbocycles. The van der Waals surface area contributed by atoms with Crippen LogP contribution >= 0.6 is 0 Å². The Hall–Kier alpha value is -0.600.